The molecule has 1 saturated carbocycles. The summed E-state index contributed by atoms with van der Waals surface area (Å²) in [6.45, 7) is 2.97. The van der Waals surface area contributed by atoms with Crippen molar-refractivity contribution in [3.05, 3.63) is 17.5 Å². The van der Waals surface area contributed by atoms with Crippen LogP contribution in [0.3, 0.4) is 0 Å². The predicted octanol–water partition coefficient (Wildman–Crippen LogP) is 1.09. The third-order valence-electron chi connectivity index (χ3n) is 3.41. The summed E-state index contributed by atoms with van der Waals surface area (Å²) in [7, 11) is 1.97. The number of hydrogen-bond donors (Lipinski definition) is 2. The van der Waals surface area contributed by atoms with Gasteiger partial charge in [-0.05, 0) is 26.2 Å². The first kappa shape index (κ1) is 11.6. The lowest BCUT2D eigenvalue weighted by molar-refractivity contribution is 0.338. The quantitative estimate of drug-likeness (QED) is 0.805. The number of nitrogens with zero attached hydrogens (tertiary/aromatic N) is 2. The first-order valence-corrected chi connectivity index (χ1v) is 6.13. The summed E-state index contributed by atoms with van der Waals surface area (Å²) in [5, 5.41) is 7.93. The van der Waals surface area contributed by atoms with Gasteiger partial charge in [-0.15, -0.1) is 0 Å². The first-order chi connectivity index (χ1) is 7.65. The lowest BCUT2D eigenvalue weighted by atomic mass is 9.91. The molecule has 0 bridgehead atoms. The van der Waals surface area contributed by atoms with Gasteiger partial charge in [-0.3, -0.25) is 4.68 Å². The second-order valence-electron chi connectivity index (χ2n) is 4.92. The second-order valence-corrected chi connectivity index (χ2v) is 4.92. The molecule has 3 N–H and O–H groups in total. The molecule has 4 heteroatoms. The zero-order valence-electron chi connectivity index (χ0n) is 10.2. The van der Waals surface area contributed by atoms with Gasteiger partial charge in [-0.25, -0.2) is 0 Å². The molecule has 1 aliphatic carbocycles. The molecule has 0 saturated heterocycles. The number of aromatic nitrogens is 2. The minimum Gasteiger partial charge on any atom is -0.328 e. The van der Waals surface area contributed by atoms with Gasteiger partial charge in [0.2, 0.25) is 0 Å². The third-order valence-corrected chi connectivity index (χ3v) is 3.41. The SMILES string of the molecule is Cc1nn(C)cc1CNC1CCCC(N)C1. The summed E-state index contributed by atoms with van der Waals surface area (Å²) in [6, 6.07) is 0.976. The third kappa shape index (κ3) is 2.83. The predicted molar refractivity (Wildman–Crippen MR) is 65.0 cm³/mol. The molecule has 1 fully saturated rings. The monoisotopic (exact) mass is 222 g/mol. The van der Waals surface area contributed by atoms with Crippen molar-refractivity contribution in [3.63, 3.8) is 0 Å². The van der Waals surface area contributed by atoms with Crippen LogP contribution in [0, 0.1) is 6.92 Å². The van der Waals surface area contributed by atoms with Crippen molar-refractivity contribution in [3.8, 4) is 0 Å². The molecule has 2 unspecified atom stereocenters. The summed E-state index contributed by atoms with van der Waals surface area (Å²) in [5.74, 6) is 0. The molecule has 4 nitrogen and oxygen atoms in total. The maximum absolute atomic E-state index is 5.97. The minimum atomic E-state index is 0.390. The number of nitrogens with one attached hydrogen (secondary N) is 1. The molecule has 2 rings (SSSR count). The van der Waals surface area contributed by atoms with Crippen LogP contribution in [0.2, 0.25) is 0 Å². The van der Waals surface area contributed by atoms with Crippen molar-refractivity contribution in [2.45, 2.75) is 51.2 Å². The van der Waals surface area contributed by atoms with E-state index >= 15 is 0 Å². The van der Waals surface area contributed by atoms with E-state index in [1.807, 2.05) is 11.7 Å². The van der Waals surface area contributed by atoms with Gasteiger partial charge in [0, 0.05) is 37.4 Å². The van der Waals surface area contributed by atoms with Crippen molar-refractivity contribution in [2.75, 3.05) is 0 Å². The average Bonchev–Trinajstić information content (AvgIpc) is 2.54. The molecule has 16 heavy (non-hydrogen) atoms. The maximum atomic E-state index is 5.97. The van der Waals surface area contributed by atoms with Crippen LogP contribution in [0.15, 0.2) is 6.20 Å². The van der Waals surface area contributed by atoms with Gasteiger partial charge in [0.15, 0.2) is 0 Å². The lowest BCUT2D eigenvalue weighted by Gasteiger charge is -2.27. The van der Waals surface area contributed by atoms with Crippen LogP contribution in [0.5, 0.6) is 0 Å². The van der Waals surface area contributed by atoms with Crippen LogP contribution in [0.4, 0.5) is 0 Å². The highest BCUT2D eigenvalue weighted by Crippen LogP contribution is 2.17. The van der Waals surface area contributed by atoms with Crippen LogP contribution in [-0.4, -0.2) is 21.9 Å². The second kappa shape index (κ2) is 4.97. The van der Waals surface area contributed by atoms with Crippen LogP contribution >= 0.6 is 0 Å². The highest BCUT2D eigenvalue weighted by molar-refractivity contribution is 5.14. The van der Waals surface area contributed by atoms with Crippen LogP contribution < -0.4 is 11.1 Å². The molecule has 90 valence electrons. The fourth-order valence-electron chi connectivity index (χ4n) is 2.49. The minimum absolute atomic E-state index is 0.390. The Balaban J connectivity index is 1.85. The molecule has 1 aliphatic rings. The summed E-state index contributed by atoms with van der Waals surface area (Å²) in [4.78, 5) is 0. The fourth-order valence-corrected chi connectivity index (χ4v) is 2.49. The van der Waals surface area contributed by atoms with Gasteiger partial charge in [0.1, 0.15) is 0 Å². The van der Waals surface area contributed by atoms with Gasteiger partial charge < -0.3 is 11.1 Å². The Morgan fingerprint density at radius 3 is 3.00 bits per heavy atom. The molecule has 0 radical (unpaired) electrons. The van der Waals surface area contributed by atoms with Gasteiger partial charge in [0.05, 0.1) is 5.69 Å². The van der Waals surface area contributed by atoms with Crippen molar-refractivity contribution in [2.24, 2.45) is 12.8 Å². The molecule has 0 aliphatic heterocycles. The zero-order valence-corrected chi connectivity index (χ0v) is 10.2. The van der Waals surface area contributed by atoms with Crippen molar-refractivity contribution < 1.29 is 0 Å². The summed E-state index contributed by atoms with van der Waals surface area (Å²) in [5.41, 5.74) is 8.39. The average molecular weight is 222 g/mol. The Hall–Kier alpha value is -0.870. The van der Waals surface area contributed by atoms with E-state index in [9.17, 15) is 0 Å². The smallest absolute Gasteiger partial charge is 0.0638 e. The molecule has 0 spiro atoms. The molecule has 2 atom stereocenters. The van der Waals surface area contributed by atoms with Crippen molar-refractivity contribution in [1.82, 2.24) is 15.1 Å². The van der Waals surface area contributed by atoms with E-state index in [1.165, 1.54) is 24.8 Å². The summed E-state index contributed by atoms with van der Waals surface area (Å²) in [6.07, 6.45) is 6.90. The number of nitrogens with two attached hydrogens (primary N) is 1. The van der Waals surface area contributed by atoms with E-state index in [-0.39, 0.29) is 0 Å². The summed E-state index contributed by atoms with van der Waals surface area (Å²) >= 11 is 0. The molecular weight excluding hydrogens is 200 g/mol. The highest BCUT2D eigenvalue weighted by Gasteiger charge is 2.18. The van der Waals surface area contributed by atoms with E-state index in [0.717, 1.165) is 18.7 Å². The Morgan fingerprint density at radius 1 is 1.56 bits per heavy atom. The van der Waals surface area contributed by atoms with E-state index in [0.29, 0.717) is 12.1 Å². The number of aryl methyl sites for hydroxylation is 2. The lowest BCUT2D eigenvalue weighted by Crippen LogP contribution is -2.39. The van der Waals surface area contributed by atoms with Crippen molar-refractivity contribution >= 4 is 0 Å². The first-order valence-electron chi connectivity index (χ1n) is 6.13. The van der Waals surface area contributed by atoms with E-state index in [4.69, 9.17) is 5.73 Å². The maximum Gasteiger partial charge on any atom is 0.0638 e. The fraction of sp³-hybridized carbons (Fsp3) is 0.750. The normalized spacial score (nSPS) is 25.9. The van der Waals surface area contributed by atoms with Gasteiger partial charge >= 0.3 is 0 Å². The van der Waals surface area contributed by atoms with E-state index in [2.05, 4.69) is 23.5 Å². The van der Waals surface area contributed by atoms with Crippen LogP contribution in [-0.2, 0) is 13.6 Å². The molecule has 1 heterocycles. The zero-order chi connectivity index (χ0) is 11.5. The van der Waals surface area contributed by atoms with Gasteiger partial charge in [-0.1, -0.05) is 6.42 Å². The molecule has 0 aromatic carbocycles. The van der Waals surface area contributed by atoms with Crippen molar-refractivity contribution in [1.29, 1.82) is 0 Å². The molecule has 1 aromatic heterocycles. The largest absolute Gasteiger partial charge is 0.328 e. The standard InChI is InChI=1S/C12H22N4/c1-9-10(8-16(2)15-9)7-14-12-5-3-4-11(13)6-12/h8,11-12,14H,3-7,13H2,1-2H3. The van der Waals surface area contributed by atoms with Gasteiger partial charge in [-0.2, -0.15) is 5.10 Å². The topological polar surface area (TPSA) is 55.9 Å². The van der Waals surface area contributed by atoms with Crippen LogP contribution in [0.1, 0.15) is 36.9 Å². The van der Waals surface area contributed by atoms with E-state index < -0.39 is 0 Å². The number of rotatable bonds is 3. The number of hydrogen-bond acceptors (Lipinski definition) is 3. The molecular formula is C12H22N4. The Labute approximate surface area is 97.2 Å². The van der Waals surface area contributed by atoms with Gasteiger partial charge in [0.25, 0.3) is 0 Å². The van der Waals surface area contributed by atoms with E-state index in [1.54, 1.807) is 0 Å². The molecule has 0 amide bonds. The Bertz CT molecular complexity index is 345. The van der Waals surface area contributed by atoms with Crippen LogP contribution in [0.25, 0.3) is 0 Å². The Morgan fingerprint density at radius 2 is 2.38 bits per heavy atom. The molecule has 1 aromatic rings. The highest BCUT2D eigenvalue weighted by atomic mass is 15.2. The summed E-state index contributed by atoms with van der Waals surface area (Å²) < 4.78 is 1.87. The Kier molecular flexibility index (Phi) is 3.61.